The van der Waals surface area contributed by atoms with Crippen molar-refractivity contribution in [2.75, 3.05) is 0 Å². The summed E-state index contributed by atoms with van der Waals surface area (Å²) in [7, 11) is 0. The fourth-order valence-corrected chi connectivity index (χ4v) is 1.72. The second-order valence-corrected chi connectivity index (χ2v) is 3.97. The van der Waals surface area contributed by atoms with Crippen LogP contribution in [0.15, 0.2) is 36.4 Å². The van der Waals surface area contributed by atoms with Gasteiger partial charge in [0.2, 0.25) is 5.75 Å². The highest BCUT2D eigenvalue weighted by atomic mass is 16.3. The number of carbonyl (C=O) groups is 1. The first-order valence-electron chi connectivity index (χ1n) is 5.36. The van der Waals surface area contributed by atoms with Gasteiger partial charge in [-0.25, -0.2) is 0 Å². The highest BCUT2D eigenvalue weighted by Gasteiger charge is 2.19. The van der Waals surface area contributed by atoms with Gasteiger partial charge in [-0.15, -0.1) is 0 Å². The Morgan fingerprint density at radius 1 is 0.889 bits per heavy atom. The van der Waals surface area contributed by atoms with E-state index in [1.807, 2.05) is 0 Å². The predicted molar refractivity (Wildman–Crippen MR) is 66.0 cm³/mol. The normalized spacial score (nSPS) is 10.3. The van der Waals surface area contributed by atoms with Crippen molar-refractivity contribution in [2.24, 2.45) is 0 Å². The number of phenols is 3. The largest absolute Gasteiger partial charge is 0.504 e. The van der Waals surface area contributed by atoms with Gasteiger partial charge < -0.3 is 15.3 Å². The highest BCUT2D eigenvalue weighted by molar-refractivity contribution is 6.12. The maximum Gasteiger partial charge on any atom is 0.201 e. The number of phenolic OH excluding ortho intramolecular Hbond substituents is 3. The van der Waals surface area contributed by atoms with E-state index in [4.69, 9.17) is 0 Å². The molecule has 0 saturated heterocycles. The van der Waals surface area contributed by atoms with Gasteiger partial charge in [-0.2, -0.15) is 0 Å². The molecule has 0 atom stereocenters. The molecule has 2 aromatic carbocycles. The fourth-order valence-electron chi connectivity index (χ4n) is 1.72. The minimum Gasteiger partial charge on any atom is -0.504 e. The molecule has 0 aliphatic rings. The molecule has 0 aliphatic heterocycles. The van der Waals surface area contributed by atoms with Crippen molar-refractivity contribution in [3.05, 3.63) is 53.1 Å². The SMILES string of the molecule is Cc1ccccc1C(=O)c1ccc(O)c(O)c1O. The van der Waals surface area contributed by atoms with Crippen molar-refractivity contribution >= 4 is 5.78 Å². The number of aromatic hydroxyl groups is 3. The molecule has 0 bridgehead atoms. The summed E-state index contributed by atoms with van der Waals surface area (Å²) in [5.74, 6) is -2.16. The van der Waals surface area contributed by atoms with Gasteiger partial charge >= 0.3 is 0 Å². The second kappa shape index (κ2) is 4.41. The summed E-state index contributed by atoms with van der Waals surface area (Å²) in [5.41, 5.74) is 1.17. The van der Waals surface area contributed by atoms with Gasteiger partial charge in [-0.3, -0.25) is 4.79 Å². The van der Waals surface area contributed by atoms with Crippen LogP contribution in [0.3, 0.4) is 0 Å². The molecule has 0 aromatic heterocycles. The zero-order chi connectivity index (χ0) is 13.3. The lowest BCUT2D eigenvalue weighted by molar-refractivity contribution is 0.103. The van der Waals surface area contributed by atoms with Crippen molar-refractivity contribution in [3.8, 4) is 17.2 Å². The smallest absolute Gasteiger partial charge is 0.201 e. The first kappa shape index (κ1) is 12.0. The Hall–Kier alpha value is -2.49. The van der Waals surface area contributed by atoms with Crippen LogP contribution in [-0.2, 0) is 0 Å². The minimum atomic E-state index is -0.686. The molecule has 0 fully saturated rings. The van der Waals surface area contributed by atoms with Crippen molar-refractivity contribution in [2.45, 2.75) is 6.92 Å². The van der Waals surface area contributed by atoms with Gasteiger partial charge in [-0.1, -0.05) is 24.3 Å². The molecule has 2 aromatic rings. The first-order chi connectivity index (χ1) is 8.52. The van der Waals surface area contributed by atoms with Crippen LogP contribution in [0, 0.1) is 6.92 Å². The quantitative estimate of drug-likeness (QED) is 0.559. The number of hydrogen-bond donors (Lipinski definition) is 3. The minimum absolute atomic E-state index is 0.0420. The van der Waals surface area contributed by atoms with Crippen LogP contribution in [0.25, 0.3) is 0 Å². The van der Waals surface area contributed by atoms with Crippen LogP contribution in [0.4, 0.5) is 0 Å². The first-order valence-corrected chi connectivity index (χ1v) is 5.36. The zero-order valence-corrected chi connectivity index (χ0v) is 9.71. The number of carbonyl (C=O) groups excluding carboxylic acids is 1. The molecule has 18 heavy (non-hydrogen) atoms. The Bertz CT molecular complexity index is 617. The van der Waals surface area contributed by atoms with Crippen LogP contribution in [0.2, 0.25) is 0 Å². The van der Waals surface area contributed by atoms with Crippen molar-refractivity contribution in [1.29, 1.82) is 0 Å². The molecule has 3 N–H and O–H groups in total. The van der Waals surface area contributed by atoms with Crippen LogP contribution in [0.1, 0.15) is 21.5 Å². The fraction of sp³-hybridized carbons (Fsp3) is 0.0714. The molecule has 0 saturated carbocycles. The Kier molecular flexibility index (Phi) is 2.93. The average Bonchev–Trinajstić information content (AvgIpc) is 2.36. The van der Waals surface area contributed by atoms with E-state index >= 15 is 0 Å². The van der Waals surface area contributed by atoms with Gasteiger partial charge in [0.05, 0.1) is 5.56 Å². The zero-order valence-electron chi connectivity index (χ0n) is 9.71. The topological polar surface area (TPSA) is 77.8 Å². The van der Waals surface area contributed by atoms with Gasteiger partial charge in [0.25, 0.3) is 0 Å². The highest BCUT2D eigenvalue weighted by Crippen LogP contribution is 2.38. The molecule has 0 spiro atoms. The summed E-state index contributed by atoms with van der Waals surface area (Å²) >= 11 is 0. The lowest BCUT2D eigenvalue weighted by Gasteiger charge is -2.08. The molecule has 4 nitrogen and oxygen atoms in total. The summed E-state index contributed by atoms with van der Waals surface area (Å²) in [4.78, 5) is 12.2. The van der Waals surface area contributed by atoms with Gasteiger partial charge in [0.1, 0.15) is 0 Å². The van der Waals surface area contributed by atoms with Gasteiger partial charge in [0, 0.05) is 5.56 Å². The predicted octanol–water partition coefficient (Wildman–Crippen LogP) is 2.34. The van der Waals surface area contributed by atoms with Crippen molar-refractivity contribution in [1.82, 2.24) is 0 Å². The third-order valence-corrected chi connectivity index (χ3v) is 2.76. The van der Waals surface area contributed by atoms with Crippen molar-refractivity contribution in [3.63, 3.8) is 0 Å². The van der Waals surface area contributed by atoms with E-state index in [9.17, 15) is 20.1 Å². The summed E-state index contributed by atoms with van der Waals surface area (Å²) in [6, 6.07) is 9.39. The Balaban J connectivity index is 2.54. The third kappa shape index (κ3) is 1.88. The monoisotopic (exact) mass is 244 g/mol. The maximum atomic E-state index is 12.2. The van der Waals surface area contributed by atoms with Crippen LogP contribution < -0.4 is 0 Å². The molecule has 0 heterocycles. The summed E-state index contributed by atoms with van der Waals surface area (Å²) in [6.07, 6.45) is 0. The standard InChI is InChI=1S/C14H12O4/c1-8-4-2-3-5-9(8)12(16)10-6-7-11(15)14(18)13(10)17/h2-7,15,17-18H,1H3. The van der Waals surface area contributed by atoms with E-state index in [1.165, 1.54) is 12.1 Å². The number of aryl methyl sites for hydroxylation is 1. The molecule has 0 radical (unpaired) electrons. The molecule has 92 valence electrons. The Labute approximate surface area is 104 Å². The van der Waals surface area contributed by atoms with E-state index in [2.05, 4.69) is 0 Å². The Morgan fingerprint density at radius 2 is 1.56 bits per heavy atom. The molecule has 2 rings (SSSR count). The number of rotatable bonds is 2. The summed E-state index contributed by atoms with van der Waals surface area (Å²) < 4.78 is 0. The lowest BCUT2D eigenvalue weighted by Crippen LogP contribution is -2.03. The van der Waals surface area contributed by atoms with E-state index in [-0.39, 0.29) is 5.56 Å². The van der Waals surface area contributed by atoms with Crippen LogP contribution in [0.5, 0.6) is 17.2 Å². The van der Waals surface area contributed by atoms with E-state index in [1.54, 1.807) is 31.2 Å². The summed E-state index contributed by atoms with van der Waals surface area (Å²) in [5, 5.41) is 28.3. The van der Waals surface area contributed by atoms with E-state index in [0.717, 1.165) is 5.56 Å². The van der Waals surface area contributed by atoms with Crippen LogP contribution in [-0.4, -0.2) is 21.1 Å². The Morgan fingerprint density at radius 3 is 2.22 bits per heavy atom. The number of hydrogen-bond acceptors (Lipinski definition) is 4. The molecule has 0 amide bonds. The summed E-state index contributed by atoms with van der Waals surface area (Å²) in [6.45, 7) is 1.78. The average molecular weight is 244 g/mol. The van der Waals surface area contributed by atoms with Gasteiger partial charge in [-0.05, 0) is 24.6 Å². The number of ketones is 1. The number of benzene rings is 2. The molecule has 0 aliphatic carbocycles. The van der Waals surface area contributed by atoms with E-state index in [0.29, 0.717) is 5.56 Å². The molecule has 0 unspecified atom stereocenters. The van der Waals surface area contributed by atoms with E-state index < -0.39 is 23.0 Å². The molecular formula is C14H12O4. The molecule has 4 heteroatoms. The lowest BCUT2D eigenvalue weighted by atomic mass is 9.98. The van der Waals surface area contributed by atoms with Crippen LogP contribution >= 0.6 is 0 Å². The second-order valence-electron chi connectivity index (χ2n) is 3.97. The third-order valence-electron chi connectivity index (χ3n) is 2.76. The van der Waals surface area contributed by atoms with Crippen molar-refractivity contribution < 1.29 is 20.1 Å². The van der Waals surface area contributed by atoms with Gasteiger partial charge in [0.15, 0.2) is 17.3 Å². The molecular weight excluding hydrogens is 232 g/mol. The maximum absolute atomic E-state index is 12.2.